The Hall–Kier alpha value is -1.51. The summed E-state index contributed by atoms with van der Waals surface area (Å²) in [5, 5.41) is 53.1. The third kappa shape index (κ3) is 6.92. The molecule has 5 aliphatic rings. The first-order valence-corrected chi connectivity index (χ1v) is 15.5. The SMILES string of the molecule is CN[C@@H]1[C@@H](O)[C@@H](O[C@H]2[C@H](NC(=O)C3(O)CC3N)C[C@H](N)C(O[C@H]3OC(CN)=CC[C@H]3NCC3CC(N)C3)[C@@H]2O)OC[C@]1(C)O. The van der Waals surface area contributed by atoms with Gasteiger partial charge in [0.25, 0.3) is 5.91 Å². The minimum Gasteiger partial charge on any atom is -0.467 e. The molecule has 0 bridgehead atoms. The number of nitrogens with one attached hydrogen (secondary N) is 3. The minimum atomic E-state index is -1.73. The van der Waals surface area contributed by atoms with Gasteiger partial charge in [0, 0.05) is 24.5 Å². The maximum absolute atomic E-state index is 13.0. The molecule has 16 heteroatoms. The van der Waals surface area contributed by atoms with Crippen LogP contribution in [-0.2, 0) is 23.7 Å². The van der Waals surface area contributed by atoms with E-state index in [1.165, 1.54) is 6.92 Å². The summed E-state index contributed by atoms with van der Waals surface area (Å²) in [5.41, 5.74) is 21.0. The zero-order valence-corrected chi connectivity index (χ0v) is 25.4. The highest BCUT2D eigenvalue weighted by molar-refractivity contribution is 5.89. The molecule has 0 spiro atoms. The Kier molecular flexibility index (Phi) is 10.2. The van der Waals surface area contributed by atoms with E-state index in [1.54, 1.807) is 7.05 Å². The van der Waals surface area contributed by atoms with Crippen molar-refractivity contribution in [3.63, 3.8) is 0 Å². The van der Waals surface area contributed by atoms with Gasteiger partial charge in [0.1, 0.15) is 35.8 Å². The molecule has 3 aliphatic carbocycles. The number of carbonyl (C=O) groups excluding carboxylic acids is 1. The van der Waals surface area contributed by atoms with Crippen molar-refractivity contribution in [2.24, 2.45) is 28.9 Å². The fourth-order valence-electron chi connectivity index (χ4n) is 6.80. The second kappa shape index (κ2) is 13.3. The van der Waals surface area contributed by atoms with E-state index in [0.29, 0.717) is 18.1 Å². The summed E-state index contributed by atoms with van der Waals surface area (Å²) in [4.78, 5) is 13.0. The zero-order valence-electron chi connectivity index (χ0n) is 25.4. The number of aliphatic hydroxyl groups is 4. The van der Waals surface area contributed by atoms with E-state index in [1.807, 2.05) is 6.08 Å². The molecule has 3 unspecified atom stereocenters. The van der Waals surface area contributed by atoms with E-state index < -0.39 is 78.3 Å². The van der Waals surface area contributed by atoms with Gasteiger partial charge in [0.15, 0.2) is 11.9 Å². The topological polar surface area (TPSA) is 275 Å². The summed E-state index contributed by atoms with van der Waals surface area (Å²) in [6, 6.07) is -3.26. The Balaban J connectivity index is 1.33. The summed E-state index contributed by atoms with van der Waals surface area (Å²) >= 11 is 0. The van der Waals surface area contributed by atoms with Gasteiger partial charge in [-0.25, -0.2) is 0 Å². The van der Waals surface area contributed by atoms with Gasteiger partial charge >= 0.3 is 0 Å². The van der Waals surface area contributed by atoms with Crippen molar-refractivity contribution < 1.29 is 44.2 Å². The number of hydrogen-bond acceptors (Lipinski definition) is 15. The maximum atomic E-state index is 13.0. The third-order valence-electron chi connectivity index (χ3n) is 9.77. The van der Waals surface area contributed by atoms with E-state index in [4.69, 9.17) is 41.9 Å². The normalized spacial score (nSPS) is 49.0. The van der Waals surface area contributed by atoms with Crippen LogP contribution in [0.3, 0.4) is 0 Å². The average molecular weight is 630 g/mol. The van der Waals surface area contributed by atoms with Gasteiger partial charge in [0.2, 0.25) is 6.29 Å². The molecule has 44 heavy (non-hydrogen) atoms. The minimum absolute atomic E-state index is 0.0871. The van der Waals surface area contributed by atoms with Crippen LogP contribution in [0.1, 0.15) is 39.0 Å². The molecule has 2 heterocycles. The van der Waals surface area contributed by atoms with E-state index in [-0.39, 0.29) is 38.1 Å². The van der Waals surface area contributed by atoms with Crippen LogP contribution in [0.4, 0.5) is 0 Å². The van der Waals surface area contributed by atoms with Crippen molar-refractivity contribution in [1.82, 2.24) is 16.0 Å². The highest BCUT2D eigenvalue weighted by Gasteiger charge is 2.59. The number of amides is 1. The third-order valence-corrected chi connectivity index (χ3v) is 9.77. The van der Waals surface area contributed by atoms with Crippen LogP contribution in [0.25, 0.3) is 0 Å². The second-order valence-electron chi connectivity index (χ2n) is 13.4. The fraction of sp³-hybridized carbons (Fsp3) is 0.893. The zero-order chi connectivity index (χ0) is 32.0. The maximum Gasteiger partial charge on any atom is 0.253 e. The lowest BCUT2D eigenvalue weighted by atomic mass is 9.81. The van der Waals surface area contributed by atoms with Gasteiger partial charge in [-0.1, -0.05) is 0 Å². The van der Waals surface area contributed by atoms with Crippen LogP contribution in [0.15, 0.2) is 11.8 Å². The van der Waals surface area contributed by atoms with Crippen molar-refractivity contribution in [2.45, 2.75) is 123 Å². The van der Waals surface area contributed by atoms with Crippen molar-refractivity contribution in [2.75, 3.05) is 26.7 Å². The Morgan fingerprint density at radius 3 is 2.36 bits per heavy atom. The van der Waals surface area contributed by atoms with Crippen molar-refractivity contribution in [3.8, 4) is 0 Å². The number of likely N-dealkylation sites (N-methyl/N-ethyl adjacent to an activating group) is 1. The molecule has 0 aromatic rings. The summed E-state index contributed by atoms with van der Waals surface area (Å²) in [5.74, 6) is 0.291. The fourth-order valence-corrected chi connectivity index (χ4v) is 6.80. The van der Waals surface area contributed by atoms with Crippen molar-refractivity contribution in [1.29, 1.82) is 0 Å². The van der Waals surface area contributed by atoms with Crippen molar-refractivity contribution >= 4 is 5.91 Å². The lowest BCUT2D eigenvalue weighted by Crippen LogP contribution is -2.69. The Morgan fingerprint density at radius 2 is 1.75 bits per heavy atom. The second-order valence-corrected chi connectivity index (χ2v) is 13.4. The van der Waals surface area contributed by atoms with Crippen LogP contribution < -0.4 is 38.9 Å². The highest BCUT2D eigenvalue weighted by Crippen LogP contribution is 2.36. The van der Waals surface area contributed by atoms with Gasteiger partial charge in [-0.05, 0) is 58.2 Å². The average Bonchev–Trinajstić information content (AvgIpc) is 3.59. The van der Waals surface area contributed by atoms with E-state index >= 15 is 0 Å². The first kappa shape index (κ1) is 33.8. The number of ether oxygens (including phenoxy) is 4. The molecule has 4 fully saturated rings. The summed E-state index contributed by atoms with van der Waals surface area (Å²) in [6.45, 7) is 2.25. The van der Waals surface area contributed by atoms with Gasteiger partial charge in [-0.2, -0.15) is 0 Å². The van der Waals surface area contributed by atoms with E-state index in [0.717, 1.165) is 19.4 Å². The molecule has 3 saturated carbocycles. The smallest absolute Gasteiger partial charge is 0.253 e. The standard InChI is InChI=1S/C28H51N7O9/c1-27(39)11-41-25(20(37)23(27)33-2)44-22-17(35-26(38)28(40)8-18(28)32)7-15(31)21(19(22)36)43-24-16(4-3-14(9-29)42-24)34-10-12-5-13(30)6-12/h3,12-13,15-25,33-34,36-37,39-40H,4-11,29-32H2,1-2H3,(H,35,38)/t12?,13?,15-,16+,17+,18?,19-,20+,21?,22-,23+,24+,25+,27-,28?/m0/s1. The van der Waals surface area contributed by atoms with Crippen LogP contribution in [0.2, 0.25) is 0 Å². The molecule has 0 aromatic carbocycles. The van der Waals surface area contributed by atoms with Crippen LogP contribution in [0, 0.1) is 5.92 Å². The van der Waals surface area contributed by atoms with Gasteiger partial charge in [0.05, 0.1) is 31.3 Å². The van der Waals surface area contributed by atoms with Crippen molar-refractivity contribution in [3.05, 3.63) is 11.8 Å². The molecule has 16 nitrogen and oxygen atoms in total. The number of nitrogens with two attached hydrogens (primary N) is 4. The molecule has 13 atom stereocenters. The summed E-state index contributed by atoms with van der Waals surface area (Å²) < 4.78 is 24.3. The first-order chi connectivity index (χ1) is 20.8. The largest absolute Gasteiger partial charge is 0.467 e. The summed E-state index contributed by atoms with van der Waals surface area (Å²) in [7, 11) is 1.59. The molecule has 5 rings (SSSR count). The number of rotatable bonds is 11. The first-order valence-electron chi connectivity index (χ1n) is 15.5. The lowest BCUT2D eigenvalue weighted by Gasteiger charge is -2.49. The number of hydrogen-bond donors (Lipinski definition) is 11. The molecule has 252 valence electrons. The molecule has 15 N–H and O–H groups in total. The molecule has 1 amide bonds. The lowest BCUT2D eigenvalue weighted by molar-refractivity contribution is -0.304. The number of aliphatic hydroxyl groups excluding tert-OH is 2. The Bertz CT molecular complexity index is 1050. The van der Waals surface area contributed by atoms with E-state index in [2.05, 4.69) is 16.0 Å². The molecular weight excluding hydrogens is 578 g/mol. The number of carbonyl (C=O) groups is 1. The molecule has 1 saturated heterocycles. The molecule has 0 radical (unpaired) electrons. The highest BCUT2D eigenvalue weighted by atomic mass is 16.7. The monoisotopic (exact) mass is 629 g/mol. The molecule has 2 aliphatic heterocycles. The van der Waals surface area contributed by atoms with Crippen LogP contribution in [0.5, 0.6) is 0 Å². The van der Waals surface area contributed by atoms with Gasteiger partial charge in [-0.15, -0.1) is 0 Å². The van der Waals surface area contributed by atoms with Gasteiger partial charge in [-0.3, -0.25) is 4.79 Å². The Labute approximate surface area is 257 Å². The molecule has 0 aromatic heterocycles. The predicted octanol–water partition coefficient (Wildman–Crippen LogP) is -4.86. The summed E-state index contributed by atoms with van der Waals surface area (Å²) in [6.07, 6.45) is -2.56. The van der Waals surface area contributed by atoms with E-state index in [9.17, 15) is 25.2 Å². The molecular formula is C28H51N7O9. The Morgan fingerprint density at radius 1 is 1.07 bits per heavy atom. The van der Waals surface area contributed by atoms with Crippen LogP contribution in [-0.4, -0.2) is 138 Å². The predicted molar refractivity (Wildman–Crippen MR) is 156 cm³/mol. The van der Waals surface area contributed by atoms with Gasteiger partial charge < -0.3 is 78.3 Å². The quantitative estimate of drug-likeness (QED) is 0.102. The van der Waals surface area contributed by atoms with Crippen LogP contribution >= 0.6 is 0 Å².